The number of fused-ring (bicyclic) bond motifs is 3. The van der Waals surface area contributed by atoms with Crippen molar-refractivity contribution in [3.8, 4) is 11.1 Å². The van der Waals surface area contributed by atoms with Crippen molar-refractivity contribution in [1.82, 2.24) is 10.6 Å². The zero-order chi connectivity index (χ0) is 27.0. The second kappa shape index (κ2) is 12.1. The Balaban J connectivity index is 1.54. The molecule has 3 rings (SSSR count). The number of rotatable bonds is 10. The summed E-state index contributed by atoms with van der Waals surface area (Å²) in [4.78, 5) is 51.9. The first-order valence-electron chi connectivity index (χ1n) is 11.9. The first-order valence-corrected chi connectivity index (χ1v) is 11.9. The summed E-state index contributed by atoms with van der Waals surface area (Å²) >= 11 is 0. The number of ether oxygens (including phenoxy) is 2. The average molecular weight is 508 g/mol. The molecule has 37 heavy (non-hydrogen) atoms. The highest BCUT2D eigenvalue weighted by molar-refractivity contribution is 6.25. The summed E-state index contributed by atoms with van der Waals surface area (Å²) in [5.74, 6) is -1.94. The first-order chi connectivity index (χ1) is 17.6. The van der Waals surface area contributed by atoms with E-state index in [0.29, 0.717) is 0 Å². The molecule has 0 radical (unpaired) electrons. The largest absolute Gasteiger partial charge is 0.458 e. The molecule has 1 aliphatic carbocycles. The van der Waals surface area contributed by atoms with Gasteiger partial charge in [-0.05, 0) is 49.4 Å². The number of nitrogens with zero attached hydrogens (tertiary/aromatic N) is 1. The lowest BCUT2D eigenvalue weighted by Gasteiger charge is -2.24. The molecule has 10 heteroatoms. The number of nitrogens with one attached hydrogen (secondary N) is 3. The molecule has 0 spiro atoms. The molecule has 194 valence electrons. The molecule has 1 aliphatic rings. The number of carbonyl (C=O) groups excluding carboxylic acids is 4. The Hall–Kier alpha value is -4.30. The van der Waals surface area contributed by atoms with Gasteiger partial charge in [0.05, 0.1) is 10.3 Å². The third-order valence-electron chi connectivity index (χ3n) is 5.65. The molecular formula is C27H31N4O6+. The lowest BCUT2D eigenvalue weighted by molar-refractivity contribution is -0.158. The molecule has 2 amide bonds. The molecule has 0 aliphatic heterocycles. The van der Waals surface area contributed by atoms with Crippen molar-refractivity contribution in [2.24, 2.45) is 0 Å². The van der Waals surface area contributed by atoms with Gasteiger partial charge in [0.1, 0.15) is 24.8 Å². The maximum Gasteiger partial charge on any atom is 0.407 e. The molecule has 0 aromatic heterocycles. The number of hydrogen-bond acceptors (Lipinski definition) is 7. The Kier molecular flexibility index (Phi) is 8.92. The summed E-state index contributed by atoms with van der Waals surface area (Å²) in [6.07, 6.45) is -0.108. The monoisotopic (exact) mass is 507 g/mol. The SMILES string of the molecule is CC(C)(C)OC(=O)[C@H](CCC(=O)C=[N+]=N)NC(=O)CNC(=O)OCC1c2ccccc2-c2ccccc21. The van der Waals surface area contributed by atoms with Crippen molar-refractivity contribution < 1.29 is 33.4 Å². The topological polar surface area (TPSA) is 149 Å². The van der Waals surface area contributed by atoms with E-state index in [1.165, 1.54) is 0 Å². The van der Waals surface area contributed by atoms with Crippen LogP contribution in [0.5, 0.6) is 0 Å². The van der Waals surface area contributed by atoms with Gasteiger partial charge in [-0.25, -0.2) is 9.59 Å². The van der Waals surface area contributed by atoms with Gasteiger partial charge in [-0.1, -0.05) is 48.5 Å². The van der Waals surface area contributed by atoms with Crippen LogP contribution in [0.15, 0.2) is 48.5 Å². The van der Waals surface area contributed by atoms with Crippen molar-refractivity contribution in [1.29, 1.82) is 5.53 Å². The molecular weight excluding hydrogens is 476 g/mol. The summed E-state index contributed by atoms with van der Waals surface area (Å²) in [5, 5.41) is 4.88. The zero-order valence-corrected chi connectivity index (χ0v) is 21.1. The van der Waals surface area contributed by atoms with E-state index in [9.17, 15) is 19.2 Å². The molecule has 2 aromatic carbocycles. The summed E-state index contributed by atoms with van der Waals surface area (Å²) in [5.41, 5.74) is 10.3. The van der Waals surface area contributed by atoms with Gasteiger partial charge in [0.2, 0.25) is 11.7 Å². The van der Waals surface area contributed by atoms with Crippen molar-refractivity contribution in [3.05, 3.63) is 59.7 Å². The summed E-state index contributed by atoms with van der Waals surface area (Å²) in [7, 11) is 0. The lowest BCUT2D eigenvalue weighted by Crippen LogP contribution is -2.47. The maximum atomic E-state index is 12.5. The molecule has 0 saturated carbocycles. The highest BCUT2D eigenvalue weighted by Gasteiger charge is 2.30. The van der Waals surface area contributed by atoms with E-state index in [0.717, 1.165) is 28.5 Å². The second-order valence-corrected chi connectivity index (χ2v) is 9.60. The second-order valence-electron chi connectivity index (χ2n) is 9.60. The normalized spacial score (nSPS) is 12.8. The minimum absolute atomic E-state index is 0.0452. The van der Waals surface area contributed by atoms with Crippen LogP contribution in [0.3, 0.4) is 0 Å². The third kappa shape index (κ3) is 7.59. The van der Waals surface area contributed by atoms with Crippen LogP contribution in [0.2, 0.25) is 0 Å². The molecule has 10 nitrogen and oxygen atoms in total. The smallest absolute Gasteiger partial charge is 0.407 e. The Morgan fingerprint density at radius 2 is 1.62 bits per heavy atom. The number of esters is 1. The van der Waals surface area contributed by atoms with Crippen molar-refractivity contribution in [2.75, 3.05) is 13.2 Å². The van der Waals surface area contributed by atoms with Crippen LogP contribution in [0, 0.1) is 5.53 Å². The molecule has 0 bridgehead atoms. The van der Waals surface area contributed by atoms with Crippen LogP contribution in [0.25, 0.3) is 11.1 Å². The lowest BCUT2D eigenvalue weighted by atomic mass is 9.98. The highest BCUT2D eigenvalue weighted by Crippen LogP contribution is 2.44. The minimum Gasteiger partial charge on any atom is -0.458 e. The minimum atomic E-state index is -1.11. The Morgan fingerprint density at radius 3 is 2.19 bits per heavy atom. The molecule has 0 heterocycles. The van der Waals surface area contributed by atoms with Crippen LogP contribution in [-0.4, -0.2) is 59.6 Å². The number of hydrogen-bond donors (Lipinski definition) is 3. The summed E-state index contributed by atoms with van der Waals surface area (Å²) in [6.45, 7) is 4.71. The van der Waals surface area contributed by atoms with Crippen LogP contribution < -0.4 is 10.6 Å². The maximum absolute atomic E-state index is 12.5. The predicted molar refractivity (Wildman–Crippen MR) is 134 cm³/mol. The van der Waals surface area contributed by atoms with Crippen LogP contribution in [0.1, 0.15) is 50.7 Å². The van der Waals surface area contributed by atoms with E-state index in [1.54, 1.807) is 20.8 Å². The Labute approximate surface area is 215 Å². The van der Waals surface area contributed by atoms with E-state index in [4.69, 9.17) is 15.0 Å². The summed E-state index contributed by atoms with van der Waals surface area (Å²) in [6, 6.07) is 14.8. The molecule has 2 aromatic rings. The molecule has 0 saturated heterocycles. The number of ketones is 1. The van der Waals surface area contributed by atoms with E-state index in [2.05, 4.69) is 15.4 Å². The number of Topliss-reactive ketones (excluding diaryl/α,β-unsaturated/α-hetero) is 1. The fraction of sp³-hybridized carbons (Fsp3) is 0.370. The summed E-state index contributed by atoms with van der Waals surface area (Å²) < 4.78 is 10.7. The zero-order valence-electron chi connectivity index (χ0n) is 21.1. The third-order valence-corrected chi connectivity index (χ3v) is 5.65. The van der Waals surface area contributed by atoms with Gasteiger partial charge >= 0.3 is 18.3 Å². The van der Waals surface area contributed by atoms with Gasteiger partial charge in [0.15, 0.2) is 0 Å². The van der Waals surface area contributed by atoms with Gasteiger partial charge in [-0.2, -0.15) is 0 Å². The number of benzene rings is 2. The van der Waals surface area contributed by atoms with E-state index < -0.39 is 41.9 Å². The number of amides is 2. The Morgan fingerprint density at radius 1 is 1.03 bits per heavy atom. The standard InChI is InChI=1S/C27H30N4O6/c1-27(2,3)37-25(34)23(13-12-17(32)14-30-28)31-24(33)15-29-26(35)36-16-22-20-10-6-4-8-18(20)19-9-5-7-11-21(19)22/h4-11,14,22-23,28H,12-13,15-16H2,1-3H3,(H-,29,31,33,35)/p+1/t23-/m0/s1. The van der Waals surface area contributed by atoms with Gasteiger partial charge in [-0.3, -0.25) is 9.59 Å². The van der Waals surface area contributed by atoms with Crippen LogP contribution in [0.4, 0.5) is 4.79 Å². The van der Waals surface area contributed by atoms with Crippen molar-refractivity contribution in [3.63, 3.8) is 0 Å². The quantitative estimate of drug-likeness (QED) is 0.195. The molecule has 1 atom stereocenters. The van der Waals surface area contributed by atoms with Gasteiger partial charge in [0.25, 0.3) is 0 Å². The van der Waals surface area contributed by atoms with Crippen LogP contribution in [-0.2, 0) is 23.9 Å². The predicted octanol–water partition coefficient (Wildman–Crippen LogP) is 3.01. The number of carbonyl (C=O) groups is 4. The van der Waals surface area contributed by atoms with E-state index in [1.807, 2.05) is 48.5 Å². The molecule has 0 unspecified atom stereocenters. The van der Waals surface area contributed by atoms with E-state index in [-0.39, 0.29) is 25.4 Å². The first kappa shape index (κ1) is 27.3. The molecule has 3 N–H and O–H groups in total. The van der Waals surface area contributed by atoms with Gasteiger partial charge in [-0.15, -0.1) is 0 Å². The highest BCUT2D eigenvalue weighted by atomic mass is 16.6. The van der Waals surface area contributed by atoms with Gasteiger partial charge in [0, 0.05) is 12.3 Å². The number of alkyl carbamates (subject to hydrolysis) is 1. The fourth-order valence-electron chi connectivity index (χ4n) is 4.09. The van der Waals surface area contributed by atoms with E-state index >= 15 is 0 Å². The fourth-order valence-corrected chi connectivity index (χ4v) is 4.09. The Bertz CT molecular complexity index is 1180. The average Bonchev–Trinajstić information content (AvgIpc) is 3.16. The van der Waals surface area contributed by atoms with Crippen molar-refractivity contribution >= 4 is 30.0 Å². The van der Waals surface area contributed by atoms with Crippen LogP contribution >= 0.6 is 0 Å². The van der Waals surface area contributed by atoms with Gasteiger partial charge < -0.3 is 20.1 Å². The van der Waals surface area contributed by atoms with Crippen molar-refractivity contribution in [2.45, 2.75) is 51.2 Å². The molecule has 0 fully saturated rings.